The van der Waals surface area contributed by atoms with E-state index in [-0.39, 0.29) is 0 Å². The number of fused-ring (bicyclic) bond motifs is 1. The van der Waals surface area contributed by atoms with E-state index in [0.29, 0.717) is 0 Å². The number of rotatable bonds is 5. The zero-order valence-corrected chi connectivity index (χ0v) is 12.4. The van der Waals surface area contributed by atoms with Crippen LogP contribution in [0.2, 0.25) is 0 Å². The average Bonchev–Trinajstić information content (AvgIpc) is 3.06. The Balaban J connectivity index is 1.80. The van der Waals surface area contributed by atoms with Crippen LogP contribution in [-0.2, 0) is 12.8 Å². The minimum atomic E-state index is 0.811. The summed E-state index contributed by atoms with van der Waals surface area (Å²) in [6.07, 6.45) is 3.71. The molecule has 0 aliphatic rings. The van der Waals surface area contributed by atoms with Crippen LogP contribution in [-0.4, -0.2) is 26.7 Å². The summed E-state index contributed by atoms with van der Waals surface area (Å²) in [4.78, 5) is 11.5. The third kappa shape index (κ3) is 2.65. The highest BCUT2D eigenvalue weighted by Gasteiger charge is 2.09. The fraction of sp³-hybridized carbons (Fsp3) is 0.357. The van der Waals surface area contributed by atoms with Gasteiger partial charge < -0.3 is 5.32 Å². The van der Waals surface area contributed by atoms with Crippen molar-refractivity contribution >= 4 is 27.4 Å². The largest absolute Gasteiger partial charge is 0.369 e. The molecule has 0 radical (unpaired) electrons. The summed E-state index contributed by atoms with van der Waals surface area (Å²) >= 11 is 1.75. The van der Waals surface area contributed by atoms with E-state index in [1.807, 2.05) is 13.0 Å². The van der Waals surface area contributed by atoms with Crippen molar-refractivity contribution in [3.05, 3.63) is 34.7 Å². The molecule has 0 saturated heterocycles. The Hall–Kier alpha value is -1.95. The third-order valence-corrected chi connectivity index (χ3v) is 4.32. The van der Waals surface area contributed by atoms with Crippen LogP contribution in [0.3, 0.4) is 0 Å². The lowest BCUT2D eigenvalue weighted by atomic mass is 10.3. The predicted molar refractivity (Wildman–Crippen MR) is 82.3 cm³/mol. The Labute approximate surface area is 121 Å². The summed E-state index contributed by atoms with van der Waals surface area (Å²) < 4.78 is 0. The van der Waals surface area contributed by atoms with E-state index in [2.05, 4.69) is 38.5 Å². The van der Waals surface area contributed by atoms with Crippen molar-refractivity contribution in [2.24, 2.45) is 0 Å². The maximum atomic E-state index is 4.53. The SMILES string of the molecule is CCc1cc2c(NCCc3ccn[nH]3)nc(C)nc2s1. The van der Waals surface area contributed by atoms with Crippen LogP contribution < -0.4 is 5.32 Å². The van der Waals surface area contributed by atoms with Gasteiger partial charge in [-0.25, -0.2) is 9.97 Å². The number of thiophene rings is 1. The van der Waals surface area contributed by atoms with Crippen molar-refractivity contribution in [1.29, 1.82) is 0 Å². The first-order valence-electron chi connectivity index (χ1n) is 6.75. The number of nitrogens with zero attached hydrogens (tertiary/aromatic N) is 3. The van der Waals surface area contributed by atoms with Gasteiger partial charge in [0.05, 0.1) is 5.39 Å². The first kappa shape index (κ1) is 13.1. The maximum absolute atomic E-state index is 4.53. The van der Waals surface area contributed by atoms with Gasteiger partial charge in [-0.2, -0.15) is 5.10 Å². The number of aryl methyl sites for hydroxylation is 2. The van der Waals surface area contributed by atoms with Gasteiger partial charge in [-0.05, 0) is 25.5 Å². The number of H-pyrrole nitrogens is 1. The predicted octanol–water partition coefficient (Wildman–Crippen LogP) is 2.94. The molecule has 0 bridgehead atoms. The molecule has 2 N–H and O–H groups in total. The van der Waals surface area contributed by atoms with Gasteiger partial charge in [-0.1, -0.05) is 6.92 Å². The molecule has 3 aromatic rings. The Morgan fingerprint density at radius 2 is 2.25 bits per heavy atom. The maximum Gasteiger partial charge on any atom is 0.138 e. The van der Waals surface area contributed by atoms with E-state index in [0.717, 1.165) is 46.9 Å². The number of anilines is 1. The molecule has 3 aromatic heterocycles. The minimum Gasteiger partial charge on any atom is -0.369 e. The second-order valence-electron chi connectivity index (χ2n) is 4.66. The van der Waals surface area contributed by atoms with Gasteiger partial charge >= 0.3 is 0 Å². The number of hydrogen-bond acceptors (Lipinski definition) is 5. The summed E-state index contributed by atoms with van der Waals surface area (Å²) in [5.41, 5.74) is 1.12. The van der Waals surface area contributed by atoms with Crippen LogP contribution in [0, 0.1) is 6.92 Å². The molecule has 0 aliphatic carbocycles. The Bertz CT molecular complexity index is 702. The van der Waals surface area contributed by atoms with Crippen LogP contribution in [0.15, 0.2) is 18.3 Å². The van der Waals surface area contributed by atoms with Gasteiger partial charge in [0, 0.05) is 29.7 Å². The lowest BCUT2D eigenvalue weighted by Gasteiger charge is -2.06. The van der Waals surface area contributed by atoms with E-state index in [9.17, 15) is 0 Å². The molecule has 3 heterocycles. The molecule has 0 spiro atoms. The van der Waals surface area contributed by atoms with Crippen molar-refractivity contribution in [2.75, 3.05) is 11.9 Å². The van der Waals surface area contributed by atoms with Crippen LogP contribution in [0.1, 0.15) is 23.3 Å². The van der Waals surface area contributed by atoms with E-state index in [1.54, 1.807) is 17.5 Å². The van der Waals surface area contributed by atoms with Gasteiger partial charge in [-0.15, -0.1) is 11.3 Å². The van der Waals surface area contributed by atoms with Crippen molar-refractivity contribution in [3.63, 3.8) is 0 Å². The molecule has 104 valence electrons. The van der Waals surface area contributed by atoms with E-state index in [1.165, 1.54) is 4.88 Å². The quantitative estimate of drug-likeness (QED) is 0.757. The van der Waals surface area contributed by atoms with Gasteiger partial charge in [0.2, 0.25) is 0 Å². The molecular formula is C14H17N5S. The lowest BCUT2D eigenvalue weighted by Crippen LogP contribution is -2.07. The van der Waals surface area contributed by atoms with Crippen LogP contribution >= 0.6 is 11.3 Å². The Kier molecular flexibility index (Phi) is 3.64. The fourth-order valence-corrected chi connectivity index (χ4v) is 3.14. The van der Waals surface area contributed by atoms with Crippen molar-refractivity contribution in [1.82, 2.24) is 20.2 Å². The Morgan fingerprint density at radius 1 is 1.35 bits per heavy atom. The summed E-state index contributed by atoms with van der Waals surface area (Å²) in [6.45, 7) is 4.92. The molecule has 0 fully saturated rings. The summed E-state index contributed by atoms with van der Waals surface area (Å²) in [6, 6.07) is 4.18. The number of nitrogens with one attached hydrogen (secondary N) is 2. The number of hydrogen-bond donors (Lipinski definition) is 2. The van der Waals surface area contributed by atoms with E-state index >= 15 is 0 Å². The van der Waals surface area contributed by atoms with Crippen molar-refractivity contribution in [2.45, 2.75) is 26.7 Å². The number of aromatic amines is 1. The van der Waals surface area contributed by atoms with Gasteiger partial charge in [0.25, 0.3) is 0 Å². The van der Waals surface area contributed by atoms with Gasteiger partial charge in [-0.3, -0.25) is 5.10 Å². The first-order valence-corrected chi connectivity index (χ1v) is 7.57. The molecular weight excluding hydrogens is 270 g/mol. The average molecular weight is 287 g/mol. The monoisotopic (exact) mass is 287 g/mol. The standard InChI is InChI=1S/C14H17N5S/c1-3-11-8-12-13(17-9(2)18-14(12)20-11)15-6-4-10-5-7-16-19-10/h5,7-8H,3-4,6H2,1-2H3,(H,16,19)(H,15,17,18). The van der Waals surface area contributed by atoms with Gasteiger partial charge in [0.15, 0.2) is 0 Å². The van der Waals surface area contributed by atoms with Crippen LogP contribution in [0.25, 0.3) is 10.2 Å². The van der Waals surface area contributed by atoms with Gasteiger partial charge in [0.1, 0.15) is 16.5 Å². The molecule has 5 nitrogen and oxygen atoms in total. The topological polar surface area (TPSA) is 66.5 Å². The Morgan fingerprint density at radius 3 is 3.00 bits per heavy atom. The second-order valence-corrected chi connectivity index (χ2v) is 5.78. The molecule has 0 aromatic carbocycles. The fourth-order valence-electron chi connectivity index (χ4n) is 2.13. The van der Waals surface area contributed by atoms with Crippen molar-refractivity contribution < 1.29 is 0 Å². The number of aromatic nitrogens is 4. The molecule has 0 saturated carbocycles. The van der Waals surface area contributed by atoms with E-state index < -0.39 is 0 Å². The summed E-state index contributed by atoms with van der Waals surface area (Å²) in [7, 11) is 0. The molecule has 6 heteroatoms. The first-order chi connectivity index (χ1) is 9.76. The molecule has 0 unspecified atom stereocenters. The smallest absolute Gasteiger partial charge is 0.138 e. The summed E-state index contributed by atoms with van der Waals surface area (Å²) in [5, 5.41) is 11.5. The van der Waals surface area contributed by atoms with E-state index in [4.69, 9.17) is 0 Å². The third-order valence-electron chi connectivity index (χ3n) is 3.15. The zero-order valence-electron chi connectivity index (χ0n) is 11.6. The molecule has 0 amide bonds. The highest BCUT2D eigenvalue weighted by molar-refractivity contribution is 7.18. The minimum absolute atomic E-state index is 0.811. The lowest BCUT2D eigenvalue weighted by molar-refractivity contribution is 0.923. The highest BCUT2D eigenvalue weighted by atomic mass is 32.1. The van der Waals surface area contributed by atoms with Crippen LogP contribution in [0.5, 0.6) is 0 Å². The molecule has 0 aliphatic heterocycles. The molecule has 20 heavy (non-hydrogen) atoms. The second kappa shape index (κ2) is 5.58. The molecule has 3 rings (SSSR count). The summed E-state index contributed by atoms with van der Waals surface area (Å²) in [5.74, 6) is 1.74. The molecule has 0 atom stereocenters. The zero-order chi connectivity index (χ0) is 13.9. The van der Waals surface area contributed by atoms with Crippen LogP contribution in [0.4, 0.5) is 5.82 Å². The normalized spacial score (nSPS) is 11.1. The highest BCUT2D eigenvalue weighted by Crippen LogP contribution is 2.29. The van der Waals surface area contributed by atoms with Crippen molar-refractivity contribution in [3.8, 4) is 0 Å².